The molecule has 0 saturated heterocycles. The van der Waals surface area contributed by atoms with Crippen molar-refractivity contribution in [2.75, 3.05) is 25.1 Å². The van der Waals surface area contributed by atoms with Crippen LogP contribution in [0.4, 0.5) is 5.69 Å². The summed E-state index contributed by atoms with van der Waals surface area (Å²) in [5, 5.41) is 0. The quantitative estimate of drug-likeness (QED) is 0.295. The minimum Gasteiger partial charge on any atom is -0.497 e. The second-order valence-electron chi connectivity index (χ2n) is 13.3. The van der Waals surface area contributed by atoms with Gasteiger partial charge in [-0.15, -0.1) is 0 Å². The Kier molecular flexibility index (Phi) is 11.3. The van der Waals surface area contributed by atoms with Crippen molar-refractivity contribution in [2.24, 2.45) is 0 Å². The molecule has 41 heavy (non-hydrogen) atoms. The smallest absolute Gasteiger partial charge is 0.242 e. The van der Waals surface area contributed by atoms with Gasteiger partial charge in [-0.1, -0.05) is 83.1 Å². The van der Waals surface area contributed by atoms with Crippen LogP contribution in [0, 0.1) is 0 Å². The minimum atomic E-state index is 0.210. The summed E-state index contributed by atoms with van der Waals surface area (Å²) in [6.45, 7) is 0.518. The maximum Gasteiger partial charge on any atom is 0.242 e. The average molecular weight is 566 g/mol. The van der Waals surface area contributed by atoms with Crippen LogP contribution >= 0.6 is 0 Å². The Morgan fingerprint density at radius 3 is 1.32 bits per heavy atom. The lowest BCUT2D eigenvalue weighted by molar-refractivity contribution is -0.137. The van der Waals surface area contributed by atoms with Crippen LogP contribution in [0.25, 0.3) is 0 Å². The molecule has 0 N–H and O–H groups in total. The number of nitrogens with zero attached hydrogens (tertiary/aromatic N) is 3. The highest BCUT2D eigenvalue weighted by Crippen LogP contribution is 2.33. The van der Waals surface area contributed by atoms with E-state index in [0.717, 1.165) is 62.8 Å². The number of benzene rings is 1. The molecule has 0 heterocycles. The molecule has 0 unspecified atom stereocenters. The minimum absolute atomic E-state index is 0.210. The van der Waals surface area contributed by atoms with Crippen molar-refractivity contribution < 1.29 is 14.3 Å². The number of carbonyl (C=O) groups excluding carboxylic acids is 2. The standard InChI is InChI=1S/C35H55N3O3/c1-41-33-24-14-23-32(25-33)36(26-34(39)37(28-15-6-2-7-16-28)29-17-8-3-9-18-29)27-35(40)38(30-19-10-4-11-20-30)31-21-12-5-13-22-31/h14,23-25,28-31H,2-13,15-22,26-27H2,1H3. The molecule has 6 heteroatoms. The van der Waals surface area contributed by atoms with Crippen LogP contribution in [0.15, 0.2) is 24.3 Å². The Balaban J connectivity index is 1.40. The fraction of sp³-hybridized carbons (Fsp3) is 0.771. The highest BCUT2D eigenvalue weighted by molar-refractivity contribution is 5.87. The van der Waals surface area contributed by atoms with Gasteiger partial charge in [0.1, 0.15) is 5.75 Å². The van der Waals surface area contributed by atoms with E-state index in [4.69, 9.17) is 4.74 Å². The summed E-state index contributed by atoms with van der Waals surface area (Å²) >= 11 is 0. The zero-order chi connectivity index (χ0) is 28.4. The van der Waals surface area contributed by atoms with Crippen molar-refractivity contribution >= 4 is 17.5 Å². The van der Waals surface area contributed by atoms with Crippen molar-refractivity contribution in [1.29, 1.82) is 0 Å². The van der Waals surface area contributed by atoms with E-state index >= 15 is 0 Å². The summed E-state index contributed by atoms with van der Waals surface area (Å²) < 4.78 is 5.57. The van der Waals surface area contributed by atoms with Gasteiger partial charge in [0.2, 0.25) is 11.8 Å². The van der Waals surface area contributed by atoms with E-state index in [2.05, 4.69) is 14.7 Å². The molecule has 4 saturated carbocycles. The monoisotopic (exact) mass is 565 g/mol. The second-order valence-corrected chi connectivity index (χ2v) is 13.3. The predicted molar refractivity (Wildman–Crippen MR) is 166 cm³/mol. The van der Waals surface area contributed by atoms with Gasteiger partial charge in [-0.25, -0.2) is 0 Å². The lowest BCUT2D eigenvalue weighted by Gasteiger charge is -2.44. The number of methoxy groups -OCH3 is 1. The van der Waals surface area contributed by atoms with Gasteiger partial charge in [0.25, 0.3) is 0 Å². The van der Waals surface area contributed by atoms with Gasteiger partial charge in [-0.05, 0) is 63.5 Å². The Labute approximate surface area is 249 Å². The van der Waals surface area contributed by atoms with E-state index in [1.807, 2.05) is 24.3 Å². The number of ether oxygens (including phenoxy) is 1. The SMILES string of the molecule is COc1cccc(N(CC(=O)N(C2CCCCC2)C2CCCCC2)CC(=O)N(C2CCCCC2)C2CCCCC2)c1. The van der Waals surface area contributed by atoms with Crippen molar-refractivity contribution in [1.82, 2.24) is 9.80 Å². The Morgan fingerprint density at radius 1 is 0.610 bits per heavy atom. The number of rotatable bonds is 10. The molecule has 0 aromatic heterocycles. The first-order chi connectivity index (χ1) is 20.1. The molecule has 1 aromatic carbocycles. The van der Waals surface area contributed by atoms with Crippen molar-refractivity contribution in [3.05, 3.63) is 24.3 Å². The summed E-state index contributed by atoms with van der Waals surface area (Å²) in [6, 6.07) is 9.37. The molecule has 228 valence electrons. The Bertz CT molecular complexity index is 869. The molecule has 0 radical (unpaired) electrons. The fourth-order valence-corrected chi connectivity index (χ4v) is 8.38. The van der Waals surface area contributed by atoms with E-state index < -0.39 is 0 Å². The lowest BCUT2D eigenvalue weighted by Crippen LogP contribution is -2.55. The van der Waals surface area contributed by atoms with Crippen molar-refractivity contribution in [2.45, 2.75) is 153 Å². The van der Waals surface area contributed by atoms with Crippen LogP contribution in [0.1, 0.15) is 128 Å². The summed E-state index contributed by atoms with van der Waals surface area (Å²) in [6.07, 6.45) is 23.9. The van der Waals surface area contributed by atoms with Gasteiger partial charge in [0, 0.05) is 35.9 Å². The van der Waals surface area contributed by atoms with Gasteiger partial charge >= 0.3 is 0 Å². The van der Waals surface area contributed by atoms with Crippen LogP contribution in [0.3, 0.4) is 0 Å². The van der Waals surface area contributed by atoms with E-state index in [1.165, 1.54) is 77.0 Å². The van der Waals surface area contributed by atoms with Gasteiger partial charge in [0.05, 0.1) is 20.2 Å². The Morgan fingerprint density at radius 2 is 0.976 bits per heavy atom. The van der Waals surface area contributed by atoms with Crippen LogP contribution < -0.4 is 9.64 Å². The molecule has 0 aliphatic heterocycles. The molecular formula is C35H55N3O3. The second kappa shape index (κ2) is 15.3. The maximum absolute atomic E-state index is 14.4. The van der Waals surface area contributed by atoms with Gasteiger partial charge < -0.3 is 19.4 Å². The molecule has 0 spiro atoms. The molecule has 6 nitrogen and oxygen atoms in total. The largest absolute Gasteiger partial charge is 0.497 e. The molecule has 4 aliphatic rings. The third kappa shape index (κ3) is 7.99. The molecule has 4 aliphatic carbocycles. The number of amides is 2. The molecule has 2 amide bonds. The van der Waals surface area contributed by atoms with E-state index in [-0.39, 0.29) is 24.9 Å². The summed E-state index contributed by atoms with van der Waals surface area (Å²) in [4.78, 5) is 35.4. The zero-order valence-corrected chi connectivity index (χ0v) is 25.7. The van der Waals surface area contributed by atoms with E-state index in [0.29, 0.717) is 24.2 Å². The predicted octanol–water partition coefficient (Wildman–Crippen LogP) is 7.49. The number of hydrogen-bond donors (Lipinski definition) is 0. The van der Waals surface area contributed by atoms with E-state index in [9.17, 15) is 9.59 Å². The Hall–Kier alpha value is -2.24. The fourth-order valence-electron chi connectivity index (χ4n) is 8.38. The molecule has 1 aromatic rings. The first-order valence-electron chi connectivity index (χ1n) is 17.2. The average Bonchev–Trinajstić information content (AvgIpc) is 3.03. The topological polar surface area (TPSA) is 53.1 Å². The van der Waals surface area contributed by atoms with Gasteiger partial charge in [0.15, 0.2) is 0 Å². The van der Waals surface area contributed by atoms with Crippen molar-refractivity contribution in [3.63, 3.8) is 0 Å². The van der Waals surface area contributed by atoms with Crippen LogP contribution in [-0.2, 0) is 9.59 Å². The third-order valence-corrected chi connectivity index (χ3v) is 10.5. The number of hydrogen-bond acceptors (Lipinski definition) is 4. The molecule has 4 fully saturated rings. The maximum atomic E-state index is 14.4. The molecular weight excluding hydrogens is 510 g/mol. The first kappa shape index (κ1) is 30.2. The van der Waals surface area contributed by atoms with Crippen LogP contribution in [-0.4, -0.2) is 66.0 Å². The number of carbonyl (C=O) groups is 2. The summed E-state index contributed by atoms with van der Waals surface area (Å²) in [5.74, 6) is 1.18. The van der Waals surface area contributed by atoms with Crippen molar-refractivity contribution in [3.8, 4) is 5.75 Å². The van der Waals surface area contributed by atoms with Gasteiger partial charge in [-0.3, -0.25) is 9.59 Å². The molecule has 5 rings (SSSR count). The number of anilines is 1. The van der Waals surface area contributed by atoms with E-state index in [1.54, 1.807) is 7.11 Å². The zero-order valence-electron chi connectivity index (χ0n) is 25.7. The first-order valence-corrected chi connectivity index (χ1v) is 17.2. The normalized spacial score (nSPS) is 21.8. The van der Waals surface area contributed by atoms with Gasteiger partial charge in [-0.2, -0.15) is 0 Å². The van der Waals surface area contributed by atoms with Crippen LogP contribution in [0.5, 0.6) is 5.75 Å². The highest BCUT2D eigenvalue weighted by Gasteiger charge is 2.36. The highest BCUT2D eigenvalue weighted by atomic mass is 16.5. The molecule has 0 bridgehead atoms. The summed E-state index contributed by atoms with van der Waals surface area (Å²) in [7, 11) is 1.68. The molecule has 0 atom stereocenters. The summed E-state index contributed by atoms with van der Waals surface area (Å²) in [5.41, 5.74) is 0.908. The lowest BCUT2D eigenvalue weighted by atomic mass is 9.88. The third-order valence-electron chi connectivity index (χ3n) is 10.5. The van der Waals surface area contributed by atoms with Crippen LogP contribution in [0.2, 0.25) is 0 Å².